The number of hydrogen-bond donors (Lipinski definition) is 1. The fourth-order valence-electron chi connectivity index (χ4n) is 2.77. The molecule has 0 spiro atoms. The Morgan fingerprint density at radius 1 is 1.21 bits per heavy atom. The van der Waals surface area contributed by atoms with Crippen LogP contribution < -0.4 is 14.8 Å². The summed E-state index contributed by atoms with van der Waals surface area (Å²) >= 11 is 0. The summed E-state index contributed by atoms with van der Waals surface area (Å²) in [6.07, 6.45) is -0.501. The molecule has 2 atom stereocenters. The van der Waals surface area contributed by atoms with Crippen LogP contribution in [0.5, 0.6) is 11.5 Å². The van der Waals surface area contributed by atoms with Gasteiger partial charge in [0, 0.05) is 19.2 Å². The van der Waals surface area contributed by atoms with E-state index in [9.17, 15) is 4.39 Å². The van der Waals surface area contributed by atoms with E-state index in [0.717, 1.165) is 12.1 Å². The summed E-state index contributed by atoms with van der Waals surface area (Å²) in [5.74, 6) is 0.562. The summed E-state index contributed by atoms with van der Waals surface area (Å²) in [6, 6.07) is 14.2. The zero-order chi connectivity index (χ0) is 16.8. The number of rotatable bonds is 6. The van der Waals surface area contributed by atoms with E-state index in [2.05, 4.69) is 5.32 Å². The zero-order valence-corrected chi connectivity index (χ0v) is 13.7. The molecular formula is C19H22FNO3. The van der Waals surface area contributed by atoms with Gasteiger partial charge in [0.2, 0.25) is 0 Å². The van der Waals surface area contributed by atoms with Crippen molar-refractivity contribution in [2.75, 3.05) is 26.3 Å². The Kier molecular flexibility index (Phi) is 5.67. The van der Waals surface area contributed by atoms with Crippen molar-refractivity contribution in [1.82, 2.24) is 5.32 Å². The predicted molar refractivity (Wildman–Crippen MR) is 90.0 cm³/mol. The van der Waals surface area contributed by atoms with E-state index in [-0.39, 0.29) is 18.0 Å². The van der Waals surface area contributed by atoms with E-state index in [1.807, 2.05) is 37.3 Å². The Morgan fingerprint density at radius 2 is 2.04 bits per heavy atom. The van der Waals surface area contributed by atoms with Crippen molar-refractivity contribution < 1.29 is 18.6 Å². The van der Waals surface area contributed by atoms with Gasteiger partial charge in [-0.05, 0) is 24.6 Å². The van der Waals surface area contributed by atoms with Gasteiger partial charge in [0.25, 0.3) is 0 Å². The molecule has 0 radical (unpaired) electrons. The van der Waals surface area contributed by atoms with Crippen LogP contribution in [0, 0.1) is 5.82 Å². The topological polar surface area (TPSA) is 39.7 Å². The lowest BCUT2D eigenvalue weighted by Gasteiger charge is -2.32. The first-order valence-corrected chi connectivity index (χ1v) is 8.24. The van der Waals surface area contributed by atoms with Gasteiger partial charge in [0.15, 0.2) is 17.6 Å². The average molecular weight is 331 g/mol. The molecule has 1 aliphatic rings. The Labute approximate surface area is 141 Å². The molecule has 1 N–H and O–H groups in total. The van der Waals surface area contributed by atoms with Crippen molar-refractivity contribution in [2.24, 2.45) is 0 Å². The molecule has 2 unspecified atom stereocenters. The third kappa shape index (κ3) is 4.04. The van der Waals surface area contributed by atoms with E-state index in [4.69, 9.17) is 14.2 Å². The second-order valence-corrected chi connectivity index (χ2v) is 5.59. The molecule has 1 aliphatic heterocycles. The van der Waals surface area contributed by atoms with Crippen LogP contribution in [0.15, 0.2) is 48.5 Å². The van der Waals surface area contributed by atoms with E-state index in [1.54, 1.807) is 6.07 Å². The summed E-state index contributed by atoms with van der Waals surface area (Å²) in [7, 11) is 0. The van der Waals surface area contributed by atoms with Gasteiger partial charge < -0.3 is 19.5 Å². The summed E-state index contributed by atoms with van der Waals surface area (Å²) in [6.45, 7) is 4.50. The summed E-state index contributed by atoms with van der Waals surface area (Å²) in [5.41, 5.74) is 0.984. The molecule has 1 heterocycles. The van der Waals surface area contributed by atoms with E-state index in [0.29, 0.717) is 31.3 Å². The van der Waals surface area contributed by atoms with Crippen LogP contribution in [0.2, 0.25) is 0 Å². The molecule has 1 fully saturated rings. The number of hydrogen-bond acceptors (Lipinski definition) is 4. The highest BCUT2D eigenvalue weighted by atomic mass is 19.1. The maximum absolute atomic E-state index is 13.7. The second-order valence-electron chi connectivity index (χ2n) is 5.59. The molecule has 0 saturated carbocycles. The van der Waals surface area contributed by atoms with Gasteiger partial charge in [-0.1, -0.05) is 30.3 Å². The van der Waals surface area contributed by atoms with Crippen LogP contribution in [-0.2, 0) is 4.74 Å². The minimum Gasteiger partial charge on any atom is -0.490 e. The number of halogens is 1. The molecule has 128 valence electrons. The van der Waals surface area contributed by atoms with Crippen LogP contribution in [0.3, 0.4) is 0 Å². The SMILES string of the molecule is CCOc1ccc(F)cc1OC(c1ccccc1)C1CNCCO1. The number of benzene rings is 2. The maximum Gasteiger partial charge on any atom is 0.165 e. The summed E-state index contributed by atoms with van der Waals surface area (Å²) < 4.78 is 31.3. The first-order chi connectivity index (χ1) is 11.8. The third-order valence-electron chi connectivity index (χ3n) is 3.88. The first kappa shape index (κ1) is 16.7. The Balaban J connectivity index is 1.90. The molecule has 0 aromatic heterocycles. The van der Waals surface area contributed by atoms with Crippen LogP contribution in [0.25, 0.3) is 0 Å². The van der Waals surface area contributed by atoms with E-state index in [1.165, 1.54) is 12.1 Å². The summed E-state index contributed by atoms with van der Waals surface area (Å²) in [4.78, 5) is 0. The number of morpholine rings is 1. The van der Waals surface area contributed by atoms with E-state index >= 15 is 0 Å². The van der Waals surface area contributed by atoms with Crippen LogP contribution >= 0.6 is 0 Å². The molecule has 5 heteroatoms. The standard InChI is InChI=1S/C19H22FNO3/c1-2-22-16-9-8-15(20)12-17(16)24-19(14-6-4-3-5-7-14)18-13-21-10-11-23-18/h3-9,12,18-19,21H,2,10-11,13H2,1H3. The van der Waals surface area contributed by atoms with Gasteiger partial charge >= 0.3 is 0 Å². The Bertz CT molecular complexity index is 644. The molecule has 1 saturated heterocycles. The van der Waals surface area contributed by atoms with Crippen molar-refractivity contribution in [1.29, 1.82) is 0 Å². The molecule has 0 amide bonds. The van der Waals surface area contributed by atoms with E-state index < -0.39 is 0 Å². The van der Waals surface area contributed by atoms with Crippen LogP contribution in [0.1, 0.15) is 18.6 Å². The fourth-order valence-corrected chi connectivity index (χ4v) is 2.77. The Hall–Kier alpha value is -2.11. The lowest BCUT2D eigenvalue weighted by Crippen LogP contribution is -2.43. The molecule has 3 rings (SSSR count). The van der Waals surface area contributed by atoms with Gasteiger partial charge in [-0.25, -0.2) is 4.39 Å². The minimum atomic E-state index is -0.358. The van der Waals surface area contributed by atoms with Gasteiger partial charge in [0.1, 0.15) is 11.9 Å². The predicted octanol–water partition coefficient (Wildman–Crippen LogP) is 3.33. The van der Waals surface area contributed by atoms with Crippen molar-refractivity contribution in [3.63, 3.8) is 0 Å². The lowest BCUT2D eigenvalue weighted by atomic mass is 10.0. The van der Waals surface area contributed by atoms with Crippen molar-refractivity contribution in [2.45, 2.75) is 19.1 Å². The fraction of sp³-hybridized carbons (Fsp3) is 0.368. The zero-order valence-electron chi connectivity index (χ0n) is 13.7. The van der Waals surface area contributed by atoms with Crippen molar-refractivity contribution in [3.05, 3.63) is 59.9 Å². The smallest absolute Gasteiger partial charge is 0.165 e. The highest BCUT2D eigenvalue weighted by Crippen LogP contribution is 2.34. The normalized spacial score (nSPS) is 18.8. The van der Waals surface area contributed by atoms with Gasteiger partial charge in [-0.2, -0.15) is 0 Å². The average Bonchev–Trinajstić information content (AvgIpc) is 2.63. The van der Waals surface area contributed by atoms with Crippen molar-refractivity contribution in [3.8, 4) is 11.5 Å². The highest BCUT2D eigenvalue weighted by Gasteiger charge is 2.28. The molecule has 4 nitrogen and oxygen atoms in total. The molecular weight excluding hydrogens is 309 g/mol. The third-order valence-corrected chi connectivity index (χ3v) is 3.88. The quantitative estimate of drug-likeness (QED) is 0.881. The van der Waals surface area contributed by atoms with Crippen LogP contribution in [-0.4, -0.2) is 32.4 Å². The molecule has 2 aromatic rings. The van der Waals surface area contributed by atoms with Crippen molar-refractivity contribution >= 4 is 0 Å². The molecule has 24 heavy (non-hydrogen) atoms. The van der Waals surface area contributed by atoms with Gasteiger partial charge in [0.05, 0.1) is 13.2 Å². The van der Waals surface area contributed by atoms with Gasteiger partial charge in [-0.3, -0.25) is 0 Å². The first-order valence-electron chi connectivity index (χ1n) is 8.24. The molecule has 2 aromatic carbocycles. The monoisotopic (exact) mass is 331 g/mol. The number of ether oxygens (including phenoxy) is 3. The minimum absolute atomic E-state index is 0.154. The molecule has 0 aliphatic carbocycles. The van der Waals surface area contributed by atoms with Gasteiger partial charge in [-0.15, -0.1) is 0 Å². The second kappa shape index (κ2) is 8.13. The van der Waals surface area contributed by atoms with Crippen LogP contribution in [0.4, 0.5) is 4.39 Å². The summed E-state index contributed by atoms with van der Waals surface area (Å²) in [5, 5.41) is 3.31. The molecule has 0 bridgehead atoms. The lowest BCUT2D eigenvalue weighted by molar-refractivity contribution is -0.0440. The Morgan fingerprint density at radius 3 is 2.75 bits per heavy atom. The largest absolute Gasteiger partial charge is 0.490 e. The highest BCUT2D eigenvalue weighted by molar-refractivity contribution is 5.41. The number of nitrogens with one attached hydrogen (secondary N) is 1. The maximum atomic E-state index is 13.7.